The molecule has 1 amide bonds. The van der Waals surface area contributed by atoms with E-state index in [4.69, 9.17) is 11.6 Å². The third-order valence-corrected chi connectivity index (χ3v) is 5.77. The fraction of sp³-hybridized carbons (Fsp3) is 0.0476. The molecule has 0 aliphatic heterocycles. The first-order valence-corrected chi connectivity index (χ1v) is 10.7. The van der Waals surface area contributed by atoms with Crippen molar-refractivity contribution in [2.45, 2.75) is 6.18 Å². The molecule has 2 aromatic heterocycles. The summed E-state index contributed by atoms with van der Waals surface area (Å²) in [4.78, 5) is 17.1. The van der Waals surface area contributed by atoms with Gasteiger partial charge in [-0.05, 0) is 58.5 Å². The Bertz CT molecular complexity index is 1400. The van der Waals surface area contributed by atoms with Crippen LogP contribution in [0.2, 0.25) is 5.02 Å². The zero-order valence-electron chi connectivity index (χ0n) is 16.5. The maximum absolute atomic E-state index is 14.8. The number of benzene rings is 2. The first kappa shape index (κ1) is 24.0. The van der Waals surface area contributed by atoms with E-state index in [1.54, 1.807) is 0 Å². The average Bonchev–Trinajstić information content (AvgIpc) is 3.29. The molecule has 0 bridgehead atoms. The maximum Gasteiger partial charge on any atom is 0.420 e. The second-order valence-corrected chi connectivity index (χ2v) is 8.37. The van der Waals surface area contributed by atoms with Crippen molar-refractivity contribution in [1.82, 2.24) is 20.0 Å². The van der Waals surface area contributed by atoms with Crippen LogP contribution in [0.1, 0.15) is 15.9 Å². The highest BCUT2D eigenvalue weighted by atomic mass is 127. The molecule has 0 unspecified atom stereocenters. The number of aromatic nitrogens is 4. The third kappa shape index (κ3) is 4.87. The predicted octanol–water partition coefficient (Wildman–Crippen LogP) is 6.14. The number of nitrogens with zero attached hydrogens (tertiary/aromatic N) is 4. The molecule has 0 saturated carbocycles. The van der Waals surface area contributed by atoms with Crippen molar-refractivity contribution in [2.24, 2.45) is 0 Å². The van der Waals surface area contributed by atoms with Crippen LogP contribution >= 0.6 is 34.2 Å². The highest BCUT2D eigenvalue weighted by Gasteiger charge is 2.36. The topological polar surface area (TPSA) is 72.7 Å². The van der Waals surface area contributed by atoms with Crippen molar-refractivity contribution in [3.63, 3.8) is 0 Å². The summed E-state index contributed by atoms with van der Waals surface area (Å²) in [5, 5.41) is 9.36. The van der Waals surface area contributed by atoms with Gasteiger partial charge in [-0.1, -0.05) is 17.7 Å². The number of alkyl halides is 3. The van der Waals surface area contributed by atoms with Gasteiger partial charge < -0.3 is 5.32 Å². The molecule has 6 nitrogen and oxygen atoms in total. The minimum atomic E-state index is -4.82. The van der Waals surface area contributed by atoms with Crippen molar-refractivity contribution in [2.75, 3.05) is 5.32 Å². The molecule has 2 heterocycles. The van der Waals surface area contributed by atoms with Gasteiger partial charge in [0, 0.05) is 9.13 Å². The van der Waals surface area contributed by atoms with E-state index >= 15 is 0 Å². The molecule has 13 heteroatoms. The lowest BCUT2D eigenvalue weighted by Gasteiger charge is -2.14. The second kappa shape index (κ2) is 9.25. The Balaban J connectivity index is 1.66. The van der Waals surface area contributed by atoms with E-state index in [1.165, 1.54) is 30.6 Å². The molecule has 34 heavy (non-hydrogen) atoms. The van der Waals surface area contributed by atoms with Gasteiger partial charge in [-0.3, -0.25) is 4.79 Å². The molecule has 4 aromatic rings. The van der Waals surface area contributed by atoms with Gasteiger partial charge >= 0.3 is 6.18 Å². The quantitative estimate of drug-likeness (QED) is 0.224. The summed E-state index contributed by atoms with van der Waals surface area (Å²) >= 11 is 8.01. The first-order valence-electron chi connectivity index (χ1n) is 9.24. The zero-order valence-corrected chi connectivity index (χ0v) is 19.5. The Hall–Kier alpha value is -3.13. The Kier molecular flexibility index (Phi) is 6.53. The van der Waals surface area contributed by atoms with Crippen LogP contribution in [0.4, 0.5) is 27.6 Å². The number of pyridine rings is 1. The Morgan fingerprint density at radius 1 is 1.03 bits per heavy atom. The van der Waals surface area contributed by atoms with Gasteiger partial charge in [0.25, 0.3) is 5.91 Å². The molecule has 1 N–H and O–H groups in total. The van der Waals surface area contributed by atoms with Gasteiger partial charge in [0.1, 0.15) is 17.2 Å². The van der Waals surface area contributed by atoms with E-state index in [-0.39, 0.29) is 21.8 Å². The molecule has 0 spiro atoms. The van der Waals surface area contributed by atoms with Crippen LogP contribution in [0.5, 0.6) is 0 Å². The number of carbonyl (C=O) groups is 1. The highest BCUT2D eigenvalue weighted by molar-refractivity contribution is 14.1. The smallest absolute Gasteiger partial charge is 0.321 e. The summed E-state index contributed by atoms with van der Waals surface area (Å²) in [6.45, 7) is 0. The molecule has 0 fully saturated rings. The fourth-order valence-electron chi connectivity index (χ4n) is 3.05. The number of hydrogen-bond acceptors (Lipinski definition) is 4. The van der Waals surface area contributed by atoms with Crippen LogP contribution in [-0.4, -0.2) is 25.9 Å². The van der Waals surface area contributed by atoms with E-state index in [0.717, 1.165) is 18.3 Å². The van der Waals surface area contributed by atoms with Crippen molar-refractivity contribution >= 4 is 45.8 Å². The number of anilines is 1. The molecule has 0 atom stereocenters. The van der Waals surface area contributed by atoms with Gasteiger partial charge in [-0.2, -0.15) is 23.4 Å². The minimum absolute atomic E-state index is 0.0306. The van der Waals surface area contributed by atoms with E-state index in [1.807, 2.05) is 22.6 Å². The van der Waals surface area contributed by atoms with Crippen molar-refractivity contribution in [1.29, 1.82) is 0 Å². The van der Waals surface area contributed by atoms with Crippen LogP contribution < -0.4 is 5.32 Å². The molecule has 0 radical (unpaired) electrons. The first-order chi connectivity index (χ1) is 16.0. The molecule has 174 valence electrons. The van der Waals surface area contributed by atoms with Crippen LogP contribution in [-0.2, 0) is 6.18 Å². The lowest BCUT2D eigenvalue weighted by Crippen LogP contribution is -2.17. The summed E-state index contributed by atoms with van der Waals surface area (Å²) in [6.07, 6.45) is -1.48. The van der Waals surface area contributed by atoms with E-state index in [0.29, 0.717) is 20.0 Å². The average molecular weight is 606 g/mol. The second-order valence-electron chi connectivity index (χ2n) is 6.80. The third-order valence-electron chi connectivity index (χ3n) is 4.56. The SMILES string of the molecule is O=C(Nc1cnc(-n2nccn2)c(C(F)(F)F)c1)c1cc(F)c(-c2ccc(F)cc2I)cc1Cl. The lowest BCUT2D eigenvalue weighted by molar-refractivity contribution is -0.137. The summed E-state index contributed by atoms with van der Waals surface area (Å²) in [6, 6.07) is 6.42. The highest BCUT2D eigenvalue weighted by Crippen LogP contribution is 2.35. The number of rotatable bonds is 4. The number of amides is 1. The molecule has 0 aliphatic carbocycles. The Labute approximate surface area is 206 Å². The van der Waals surface area contributed by atoms with Crippen molar-refractivity contribution < 1.29 is 26.7 Å². The summed E-state index contributed by atoms with van der Waals surface area (Å²) in [7, 11) is 0. The van der Waals surface area contributed by atoms with Crippen LogP contribution in [0.25, 0.3) is 16.9 Å². The van der Waals surface area contributed by atoms with Crippen LogP contribution in [0.15, 0.2) is 55.0 Å². The van der Waals surface area contributed by atoms with E-state index in [9.17, 15) is 26.7 Å². The normalized spacial score (nSPS) is 11.5. The molecule has 2 aromatic carbocycles. The monoisotopic (exact) mass is 605 g/mol. The van der Waals surface area contributed by atoms with Gasteiger partial charge in [-0.15, -0.1) is 4.80 Å². The summed E-state index contributed by atoms with van der Waals surface area (Å²) < 4.78 is 69.2. The number of nitrogens with one attached hydrogen (secondary N) is 1. The van der Waals surface area contributed by atoms with Crippen LogP contribution in [0, 0.1) is 15.2 Å². The van der Waals surface area contributed by atoms with E-state index in [2.05, 4.69) is 20.5 Å². The fourth-order valence-corrected chi connectivity index (χ4v) is 4.07. The minimum Gasteiger partial charge on any atom is -0.321 e. The van der Waals surface area contributed by atoms with Gasteiger partial charge in [0.05, 0.1) is 34.9 Å². The zero-order chi connectivity index (χ0) is 24.6. The van der Waals surface area contributed by atoms with Gasteiger partial charge in [0.15, 0.2) is 5.82 Å². The molecule has 4 rings (SSSR count). The molecular weight excluding hydrogens is 596 g/mol. The molecule has 0 aliphatic rings. The number of carbonyl (C=O) groups excluding carboxylic acids is 1. The Morgan fingerprint density at radius 3 is 2.38 bits per heavy atom. The largest absolute Gasteiger partial charge is 0.420 e. The maximum atomic E-state index is 14.8. The van der Waals surface area contributed by atoms with Gasteiger partial charge in [-0.25, -0.2) is 13.8 Å². The summed E-state index contributed by atoms with van der Waals surface area (Å²) in [5.41, 5.74) is -1.42. The molecule has 0 saturated heterocycles. The lowest BCUT2D eigenvalue weighted by atomic mass is 10.0. The molecular formula is C21H10ClF5IN5O. The van der Waals surface area contributed by atoms with Crippen LogP contribution in [0.3, 0.4) is 0 Å². The predicted molar refractivity (Wildman–Crippen MR) is 122 cm³/mol. The Morgan fingerprint density at radius 2 is 1.74 bits per heavy atom. The number of halogens is 7. The van der Waals surface area contributed by atoms with Crippen molar-refractivity contribution in [3.05, 3.63) is 86.3 Å². The summed E-state index contributed by atoms with van der Waals surface area (Å²) in [5.74, 6) is -2.87. The number of hydrogen-bond donors (Lipinski definition) is 1. The van der Waals surface area contributed by atoms with Crippen molar-refractivity contribution in [3.8, 4) is 16.9 Å². The van der Waals surface area contributed by atoms with Gasteiger partial charge in [0.2, 0.25) is 0 Å². The van der Waals surface area contributed by atoms with E-state index < -0.39 is 35.1 Å². The standard InChI is InChI=1S/C21H10ClF5IN5O/c22-16-7-13(12-2-1-10(23)5-18(12)28)17(24)8-14(16)20(34)32-11-6-15(21(25,26)27)19(29-9-11)33-30-3-4-31-33/h1-9H,(H,32,34).